The third-order valence-corrected chi connectivity index (χ3v) is 3.72. The standard InChI is InChI=1S/C16H25N3O/c1-2-6-16(20)17-9-10-18-11-13-19(14-12-18)15-7-4-3-5-8-15/h3-5,7-8H,2,6,9-14H2,1H3,(H,17,20). The molecule has 1 heterocycles. The summed E-state index contributed by atoms with van der Waals surface area (Å²) < 4.78 is 0. The Labute approximate surface area is 121 Å². The molecule has 0 atom stereocenters. The molecule has 0 saturated carbocycles. The van der Waals surface area contributed by atoms with Crippen molar-refractivity contribution in [3.05, 3.63) is 30.3 Å². The summed E-state index contributed by atoms with van der Waals surface area (Å²) in [6, 6.07) is 10.6. The Kier molecular flexibility index (Phi) is 5.87. The predicted molar refractivity (Wildman–Crippen MR) is 83.0 cm³/mol. The quantitative estimate of drug-likeness (QED) is 0.859. The van der Waals surface area contributed by atoms with Gasteiger partial charge >= 0.3 is 0 Å². The van der Waals surface area contributed by atoms with Gasteiger partial charge in [0.15, 0.2) is 0 Å². The van der Waals surface area contributed by atoms with Gasteiger partial charge in [0.05, 0.1) is 0 Å². The predicted octanol–water partition coefficient (Wildman–Crippen LogP) is 1.72. The van der Waals surface area contributed by atoms with Crippen molar-refractivity contribution < 1.29 is 4.79 Å². The van der Waals surface area contributed by atoms with E-state index in [1.807, 2.05) is 6.92 Å². The van der Waals surface area contributed by atoms with E-state index in [1.54, 1.807) is 0 Å². The van der Waals surface area contributed by atoms with Crippen molar-refractivity contribution in [3.8, 4) is 0 Å². The summed E-state index contributed by atoms with van der Waals surface area (Å²) in [5, 5.41) is 2.98. The van der Waals surface area contributed by atoms with Crippen molar-refractivity contribution in [2.75, 3.05) is 44.2 Å². The van der Waals surface area contributed by atoms with Crippen molar-refractivity contribution >= 4 is 11.6 Å². The number of para-hydroxylation sites is 1. The summed E-state index contributed by atoms with van der Waals surface area (Å²) in [6.45, 7) is 8.02. The first-order valence-electron chi connectivity index (χ1n) is 7.58. The molecule has 0 radical (unpaired) electrons. The van der Waals surface area contributed by atoms with Gasteiger partial charge in [-0.05, 0) is 18.6 Å². The van der Waals surface area contributed by atoms with Gasteiger partial charge in [-0.2, -0.15) is 0 Å². The molecule has 1 N–H and O–H groups in total. The Hall–Kier alpha value is -1.55. The Morgan fingerprint density at radius 3 is 2.50 bits per heavy atom. The monoisotopic (exact) mass is 275 g/mol. The first-order chi connectivity index (χ1) is 9.79. The second-order valence-electron chi connectivity index (χ2n) is 5.26. The van der Waals surface area contributed by atoms with Crippen LogP contribution < -0.4 is 10.2 Å². The highest BCUT2D eigenvalue weighted by molar-refractivity contribution is 5.75. The van der Waals surface area contributed by atoms with E-state index >= 15 is 0 Å². The molecule has 0 spiro atoms. The molecular formula is C16H25N3O. The van der Waals surface area contributed by atoms with Gasteiger partial charge in [-0.15, -0.1) is 0 Å². The van der Waals surface area contributed by atoms with Gasteiger partial charge in [0.2, 0.25) is 5.91 Å². The fraction of sp³-hybridized carbons (Fsp3) is 0.562. The van der Waals surface area contributed by atoms with Crippen molar-refractivity contribution in [2.24, 2.45) is 0 Å². The summed E-state index contributed by atoms with van der Waals surface area (Å²) in [7, 11) is 0. The highest BCUT2D eigenvalue weighted by Gasteiger charge is 2.16. The zero-order chi connectivity index (χ0) is 14.2. The average Bonchev–Trinajstić information content (AvgIpc) is 2.49. The Morgan fingerprint density at radius 2 is 1.85 bits per heavy atom. The summed E-state index contributed by atoms with van der Waals surface area (Å²) in [5.41, 5.74) is 1.31. The highest BCUT2D eigenvalue weighted by Crippen LogP contribution is 2.15. The lowest BCUT2D eigenvalue weighted by Gasteiger charge is -2.36. The smallest absolute Gasteiger partial charge is 0.220 e. The lowest BCUT2D eigenvalue weighted by atomic mass is 10.2. The molecule has 0 bridgehead atoms. The van der Waals surface area contributed by atoms with Gasteiger partial charge in [-0.1, -0.05) is 25.1 Å². The molecular weight excluding hydrogens is 250 g/mol. The van der Waals surface area contributed by atoms with E-state index in [0.717, 1.165) is 45.7 Å². The van der Waals surface area contributed by atoms with Gasteiger partial charge in [0, 0.05) is 51.4 Å². The Morgan fingerprint density at radius 1 is 1.15 bits per heavy atom. The number of anilines is 1. The van der Waals surface area contributed by atoms with E-state index in [1.165, 1.54) is 5.69 Å². The molecule has 2 rings (SSSR count). The van der Waals surface area contributed by atoms with Crippen LogP contribution in [0.2, 0.25) is 0 Å². The van der Waals surface area contributed by atoms with Gasteiger partial charge in [0.1, 0.15) is 0 Å². The lowest BCUT2D eigenvalue weighted by molar-refractivity contribution is -0.121. The van der Waals surface area contributed by atoms with Crippen LogP contribution in [0.1, 0.15) is 19.8 Å². The van der Waals surface area contributed by atoms with Crippen LogP contribution in [0.25, 0.3) is 0 Å². The first kappa shape index (κ1) is 14.9. The number of carbonyl (C=O) groups excluding carboxylic acids is 1. The summed E-state index contributed by atoms with van der Waals surface area (Å²) in [6.07, 6.45) is 1.56. The fourth-order valence-corrected chi connectivity index (χ4v) is 2.54. The number of nitrogens with one attached hydrogen (secondary N) is 1. The van der Waals surface area contributed by atoms with Crippen LogP contribution in [-0.4, -0.2) is 50.1 Å². The summed E-state index contributed by atoms with van der Waals surface area (Å²) in [5.74, 6) is 0.176. The summed E-state index contributed by atoms with van der Waals surface area (Å²) in [4.78, 5) is 16.2. The molecule has 4 nitrogen and oxygen atoms in total. The van der Waals surface area contributed by atoms with Crippen LogP contribution in [-0.2, 0) is 4.79 Å². The van der Waals surface area contributed by atoms with Crippen LogP contribution >= 0.6 is 0 Å². The molecule has 0 aliphatic carbocycles. The minimum Gasteiger partial charge on any atom is -0.369 e. The van der Waals surface area contributed by atoms with Gasteiger partial charge in [-0.25, -0.2) is 0 Å². The molecule has 1 aromatic carbocycles. The highest BCUT2D eigenvalue weighted by atomic mass is 16.1. The second kappa shape index (κ2) is 7.90. The van der Waals surface area contributed by atoms with Crippen LogP contribution in [0.5, 0.6) is 0 Å². The number of rotatable bonds is 6. The third-order valence-electron chi connectivity index (χ3n) is 3.72. The molecule has 1 saturated heterocycles. The minimum atomic E-state index is 0.176. The van der Waals surface area contributed by atoms with E-state index in [2.05, 4.69) is 45.4 Å². The molecule has 1 aromatic rings. The van der Waals surface area contributed by atoms with Crippen molar-refractivity contribution in [3.63, 3.8) is 0 Å². The zero-order valence-electron chi connectivity index (χ0n) is 12.3. The number of nitrogens with zero attached hydrogens (tertiary/aromatic N) is 2. The Balaban J connectivity index is 1.66. The SMILES string of the molecule is CCCC(=O)NCCN1CCN(c2ccccc2)CC1. The zero-order valence-corrected chi connectivity index (χ0v) is 12.3. The number of hydrogen-bond donors (Lipinski definition) is 1. The van der Waals surface area contributed by atoms with Gasteiger partial charge in [0.25, 0.3) is 0 Å². The number of benzene rings is 1. The maximum absolute atomic E-state index is 11.4. The van der Waals surface area contributed by atoms with Gasteiger partial charge in [-0.3, -0.25) is 9.69 Å². The third kappa shape index (κ3) is 4.53. The van der Waals surface area contributed by atoms with Crippen molar-refractivity contribution in [1.82, 2.24) is 10.2 Å². The molecule has 0 unspecified atom stereocenters. The largest absolute Gasteiger partial charge is 0.369 e. The first-order valence-corrected chi connectivity index (χ1v) is 7.58. The molecule has 110 valence electrons. The number of hydrogen-bond acceptors (Lipinski definition) is 3. The molecule has 4 heteroatoms. The van der Waals surface area contributed by atoms with Crippen LogP contribution in [0.4, 0.5) is 5.69 Å². The molecule has 1 amide bonds. The lowest BCUT2D eigenvalue weighted by Crippen LogP contribution is -2.48. The average molecular weight is 275 g/mol. The van der Waals surface area contributed by atoms with Crippen LogP contribution in [0, 0.1) is 0 Å². The molecule has 1 fully saturated rings. The maximum atomic E-state index is 11.4. The second-order valence-corrected chi connectivity index (χ2v) is 5.26. The van der Waals surface area contributed by atoms with E-state index in [-0.39, 0.29) is 5.91 Å². The van der Waals surface area contributed by atoms with Gasteiger partial charge < -0.3 is 10.2 Å². The van der Waals surface area contributed by atoms with Crippen molar-refractivity contribution in [1.29, 1.82) is 0 Å². The molecule has 20 heavy (non-hydrogen) atoms. The van der Waals surface area contributed by atoms with E-state index < -0.39 is 0 Å². The minimum absolute atomic E-state index is 0.176. The topological polar surface area (TPSA) is 35.6 Å². The van der Waals surface area contributed by atoms with E-state index in [4.69, 9.17) is 0 Å². The molecule has 1 aliphatic heterocycles. The molecule has 1 aliphatic rings. The Bertz CT molecular complexity index is 399. The van der Waals surface area contributed by atoms with Crippen LogP contribution in [0.15, 0.2) is 30.3 Å². The number of piperazine rings is 1. The van der Waals surface area contributed by atoms with E-state index in [9.17, 15) is 4.79 Å². The number of carbonyl (C=O) groups is 1. The molecule has 0 aromatic heterocycles. The fourth-order valence-electron chi connectivity index (χ4n) is 2.54. The number of amides is 1. The summed E-state index contributed by atoms with van der Waals surface area (Å²) >= 11 is 0. The van der Waals surface area contributed by atoms with E-state index in [0.29, 0.717) is 6.42 Å². The normalized spacial score (nSPS) is 16.1. The van der Waals surface area contributed by atoms with Crippen molar-refractivity contribution in [2.45, 2.75) is 19.8 Å². The van der Waals surface area contributed by atoms with Crippen LogP contribution in [0.3, 0.4) is 0 Å². The maximum Gasteiger partial charge on any atom is 0.220 e.